The number of nitrogens with one attached hydrogen (secondary N) is 1. The molecule has 4 rings (SSSR count). The third-order valence-corrected chi connectivity index (χ3v) is 5.81. The zero-order valence-corrected chi connectivity index (χ0v) is 17.4. The second-order valence-electron chi connectivity index (χ2n) is 7.57. The Bertz CT molecular complexity index is 898. The van der Waals surface area contributed by atoms with Crippen LogP contribution in [0, 0.1) is 0 Å². The number of benzene rings is 1. The minimum atomic E-state index is -0.135. The number of amides is 1. The van der Waals surface area contributed by atoms with Crippen LogP contribution < -0.4 is 19.7 Å². The Balaban J connectivity index is 1.77. The fourth-order valence-electron chi connectivity index (χ4n) is 4.30. The molecule has 1 N–H and O–H groups in total. The van der Waals surface area contributed by atoms with Crippen molar-refractivity contribution in [2.75, 3.05) is 45.3 Å². The van der Waals surface area contributed by atoms with Gasteiger partial charge in [0.15, 0.2) is 11.5 Å². The number of fused-ring (bicyclic) bond motifs is 1. The van der Waals surface area contributed by atoms with Gasteiger partial charge in [0.1, 0.15) is 11.6 Å². The molecule has 2 aliphatic heterocycles. The van der Waals surface area contributed by atoms with E-state index in [2.05, 4.69) is 15.1 Å². The van der Waals surface area contributed by atoms with Crippen molar-refractivity contribution in [3.05, 3.63) is 18.0 Å². The van der Waals surface area contributed by atoms with Crippen molar-refractivity contribution in [2.45, 2.75) is 38.8 Å². The molecule has 3 heterocycles. The van der Waals surface area contributed by atoms with Crippen LogP contribution in [0.25, 0.3) is 10.9 Å². The van der Waals surface area contributed by atoms with E-state index < -0.39 is 0 Å². The molecule has 2 aromatic rings. The highest BCUT2D eigenvalue weighted by molar-refractivity contribution is 5.92. The molecule has 8 nitrogen and oxygen atoms in total. The Morgan fingerprint density at radius 1 is 1.10 bits per heavy atom. The summed E-state index contributed by atoms with van der Waals surface area (Å²) in [6, 6.07) is 3.75. The third kappa shape index (κ3) is 3.81. The molecule has 0 spiro atoms. The standard InChI is InChI=1S/C21H29N5O3/c1-4-16-21(27)22-7-10-26(16)13-19-23-15-12-18(29-3)17(28-2)11-14(15)20(24-19)25-8-5-6-9-25/h11-12,16H,4-10,13H2,1-3H3,(H,22,27). The molecule has 156 valence electrons. The number of hydrogen-bond acceptors (Lipinski definition) is 7. The van der Waals surface area contributed by atoms with Crippen LogP contribution in [0.4, 0.5) is 5.82 Å². The molecule has 8 heteroatoms. The predicted molar refractivity (Wildman–Crippen MR) is 112 cm³/mol. The Kier molecular flexibility index (Phi) is 5.71. The lowest BCUT2D eigenvalue weighted by Gasteiger charge is -2.34. The first-order chi connectivity index (χ1) is 14.1. The largest absolute Gasteiger partial charge is 0.493 e. The number of methoxy groups -OCH3 is 2. The molecule has 1 aromatic carbocycles. The van der Waals surface area contributed by atoms with E-state index in [4.69, 9.17) is 19.4 Å². The minimum Gasteiger partial charge on any atom is -0.493 e. The number of rotatable bonds is 6. The van der Waals surface area contributed by atoms with Crippen LogP contribution in [0.15, 0.2) is 12.1 Å². The molecule has 2 aliphatic rings. The molecule has 0 bridgehead atoms. The number of ether oxygens (including phenoxy) is 2. The van der Waals surface area contributed by atoms with Crippen molar-refractivity contribution in [1.82, 2.24) is 20.2 Å². The maximum Gasteiger partial charge on any atom is 0.237 e. The summed E-state index contributed by atoms with van der Waals surface area (Å²) in [4.78, 5) is 26.5. The number of carbonyl (C=O) groups excluding carboxylic acids is 1. The average Bonchev–Trinajstić information content (AvgIpc) is 3.27. The molecule has 2 saturated heterocycles. The van der Waals surface area contributed by atoms with Crippen molar-refractivity contribution in [2.24, 2.45) is 0 Å². The molecular weight excluding hydrogens is 370 g/mol. The van der Waals surface area contributed by atoms with E-state index in [1.54, 1.807) is 14.2 Å². The number of carbonyl (C=O) groups is 1. The monoisotopic (exact) mass is 399 g/mol. The van der Waals surface area contributed by atoms with E-state index in [1.165, 1.54) is 12.8 Å². The first-order valence-corrected chi connectivity index (χ1v) is 10.3. The Morgan fingerprint density at radius 2 is 1.83 bits per heavy atom. The maximum absolute atomic E-state index is 12.2. The van der Waals surface area contributed by atoms with Gasteiger partial charge in [0.05, 0.1) is 32.3 Å². The van der Waals surface area contributed by atoms with Gasteiger partial charge in [-0.3, -0.25) is 9.69 Å². The fourth-order valence-corrected chi connectivity index (χ4v) is 4.30. The van der Waals surface area contributed by atoms with Crippen LogP contribution in [0.5, 0.6) is 11.5 Å². The molecule has 1 unspecified atom stereocenters. The summed E-state index contributed by atoms with van der Waals surface area (Å²) in [5.41, 5.74) is 0.837. The molecule has 1 aromatic heterocycles. The van der Waals surface area contributed by atoms with E-state index in [9.17, 15) is 4.79 Å². The van der Waals surface area contributed by atoms with E-state index >= 15 is 0 Å². The molecule has 0 saturated carbocycles. The summed E-state index contributed by atoms with van der Waals surface area (Å²) in [5.74, 6) is 3.10. The number of piperazine rings is 1. The van der Waals surface area contributed by atoms with Crippen molar-refractivity contribution in [1.29, 1.82) is 0 Å². The van der Waals surface area contributed by atoms with Gasteiger partial charge in [-0.1, -0.05) is 6.92 Å². The van der Waals surface area contributed by atoms with Gasteiger partial charge >= 0.3 is 0 Å². The lowest BCUT2D eigenvalue weighted by molar-refractivity contribution is -0.129. The number of anilines is 1. The van der Waals surface area contributed by atoms with Crippen molar-refractivity contribution >= 4 is 22.6 Å². The van der Waals surface area contributed by atoms with Gasteiger partial charge in [0, 0.05) is 37.6 Å². The van der Waals surface area contributed by atoms with E-state index in [0.29, 0.717) is 24.6 Å². The van der Waals surface area contributed by atoms with Gasteiger partial charge in [0.25, 0.3) is 0 Å². The number of nitrogens with zero attached hydrogens (tertiary/aromatic N) is 4. The van der Waals surface area contributed by atoms with Crippen LogP contribution >= 0.6 is 0 Å². The van der Waals surface area contributed by atoms with Crippen LogP contribution in [-0.2, 0) is 11.3 Å². The average molecular weight is 399 g/mol. The molecule has 2 fully saturated rings. The summed E-state index contributed by atoms with van der Waals surface area (Å²) in [7, 11) is 3.27. The molecule has 1 atom stereocenters. The predicted octanol–water partition coefficient (Wildman–Crippen LogP) is 1.96. The fraction of sp³-hybridized carbons (Fsp3) is 0.571. The summed E-state index contributed by atoms with van der Waals surface area (Å²) in [6.07, 6.45) is 3.10. The summed E-state index contributed by atoms with van der Waals surface area (Å²) < 4.78 is 11.0. The van der Waals surface area contributed by atoms with Crippen molar-refractivity contribution in [3.8, 4) is 11.5 Å². The van der Waals surface area contributed by atoms with E-state index in [0.717, 1.165) is 48.6 Å². The highest BCUT2D eigenvalue weighted by Gasteiger charge is 2.29. The van der Waals surface area contributed by atoms with Crippen LogP contribution in [0.1, 0.15) is 32.0 Å². The highest BCUT2D eigenvalue weighted by Crippen LogP contribution is 2.36. The lowest BCUT2D eigenvalue weighted by Crippen LogP contribution is -2.54. The first-order valence-electron chi connectivity index (χ1n) is 10.3. The van der Waals surface area contributed by atoms with Crippen molar-refractivity contribution < 1.29 is 14.3 Å². The maximum atomic E-state index is 12.2. The molecule has 29 heavy (non-hydrogen) atoms. The number of hydrogen-bond donors (Lipinski definition) is 1. The zero-order valence-electron chi connectivity index (χ0n) is 17.4. The minimum absolute atomic E-state index is 0.0886. The SMILES string of the molecule is CCC1C(=O)NCCN1Cc1nc(N2CCCC2)c2cc(OC)c(OC)cc2n1. The van der Waals surface area contributed by atoms with Gasteiger partial charge in [-0.05, 0) is 25.3 Å². The van der Waals surface area contributed by atoms with Gasteiger partial charge in [-0.2, -0.15) is 0 Å². The second kappa shape index (κ2) is 8.41. The van der Waals surface area contributed by atoms with Gasteiger partial charge < -0.3 is 19.7 Å². The topological polar surface area (TPSA) is 79.8 Å². The summed E-state index contributed by atoms with van der Waals surface area (Å²) in [5, 5.41) is 3.92. The smallest absolute Gasteiger partial charge is 0.237 e. The Hall–Kier alpha value is -2.61. The van der Waals surface area contributed by atoms with Gasteiger partial charge in [0.2, 0.25) is 5.91 Å². The lowest BCUT2D eigenvalue weighted by atomic mass is 10.1. The van der Waals surface area contributed by atoms with E-state index in [-0.39, 0.29) is 11.9 Å². The molecule has 0 radical (unpaired) electrons. The number of aromatic nitrogens is 2. The second-order valence-corrected chi connectivity index (χ2v) is 7.57. The van der Waals surface area contributed by atoms with Crippen LogP contribution in [0.2, 0.25) is 0 Å². The Labute approximate surface area is 171 Å². The normalized spacial score (nSPS) is 20.2. The van der Waals surface area contributed by atoms with Crippen LogP contribution in [0.3, 0.4) is 0 Å². The van der Waals surface area contributed by atoms with Crippen molar-refractivity contribution in [3.63, 3.8) is 0 Å². The molecule has 1 amide bonds. The Morgan fingerprint density at radius 3 is 2.52 bits per heavy atom. The van der Waals surface area contributed by atoms with E-state index in [1.807, 2.05) is 19.1 Å². The zero-order chi connectivity index (χ0) is 20.4. The van der Waals surface area contributed by atoms with Gasteiger partial charge in [-0.15, -0.1) is 0 Å². The quantitative estimate of drug-likeness (QED) is 0.795. The highest BCUT2D eigenvalue weighted by atomic mass is 16.5. The summed E-state index contributed by atoms with van der Waals surface area (Å²) in [6.45, 7) is 6.03. The van der Waals surface area contributed by atoms with Crippen LogP contribution in [-0.4, -0.2) is 67.2 Å². The van der Waals surface area contributed by atoms with Gasteiger partial charge in [-0.25, -0.2) is 9.97 Å². The summed E-state index contributed by atoms with van der Waals surface area (Å²) >= 11 is 0. The third-order valence-electron chi connectivity index (χ3n) is 5.81. The first kappa shape index (κ1) is 19.7. The molecular formula is C21H29N5O3. The molecule has 0 aliphatic carbocycles.